The predicted molar refractivity (Wildman–Crippen MR) is 345 cm³/mol. The van der Waals surface area contributed by atoms with Crippen LogP contribution in [-0.4, -0.2) is 104 Å². The van der Waals surface area contributed by atoms with Gasteiger partial charge in [-0.15, -0.1) is 5.92 Å². The van der Waals surface area contributed by atoms with Gasteiger partial charge in [-0.05, 0) is 122 Å². The standard InChI is InChI=1S/C35H52O7Si.C35H52O6Si/c1-33(2,3)43(7,8)42-23-15-13-11-9-10-12-14-22-35(36)31-21-20-30(41-27-38-6)24-32(31)39-25-34(35,4)28-16-18-29(19-17-28)40-26-37-5;1-34(2,3)42(7,8)41-23-15-13-11-9-10-12-14-16-32-31-22-21-30(40-27-37-6)24-33(31)38-25-35(32,4)28-17-19-29(20-18-28)39-26-36-5/h16-21,24,36H,9-13,15,23,25-27H2,1-8H3;17-22,24,32H,9-13,15,23,25-27H2,1-8H3. The Bertz CT molecular complexity index is 2750. The Hall–Kier alpha value is -5.05. The van der Waals surface area contributed by atoms with Crippen molar-refractivity contribution in [2.24, 2.45) is 0 Å². The first-order chi connectivity index (χ1) is 40.4. The summed E-state index contributed by atoms with van der Waals surface area (Å²) in [4.78, 5) is 0. The van der Waals surface area contributed by atoms with Crippen LogP contribution in [-0.2, 0) is 44.2 Å². The molecule has 6 rings (SSSR count). The van der Waals surface area contributed by atoms with Crippen molar-refractivity contribution in [1.82, 2.24) is 0 Å². The van der Waals surface area contributed by atoms with Crippen LogP contribution in [0.5, 0.6) is 34.5 Å². The van der Waals surface area contributed by atoms with Gasteiger partial charge < -0.3 is 61.3 Å². The quantitative estimate of drug-likeness (QED) is 0.0230. The van der Waals surface area contributed by atoms with E-state index in [1.165, 1.54) is 19.3 Å². The van der Waals surface area contributed by atoms with E-state index in [9.17, 15) is 5.11 Å². The van der Waals surface area contributed by atoms with E-state index < -0.39 is 27.7 Å². The average molecular weight is 1210 g/mol. The van der Waals surface area contributed by atoms with Crippen LogP contribution in [0.25, 0.3) is 0 Å². The summed E-state index contributed by atoms with van der Waals surface area (Å²) in [6, 6.07) is 27.3. The van der Waals surface area contributed by atoms with E-state index in [1.807, 2.05) is 67.6 Å². The van der Waals surface area contributed by atoms with Crippen LogP contribution in [0, 0.1) is 23.7 Å². The van der Waals surface area contributed by atoms with E-state index in [1.54, 1.807) is 34.5 Å². The topological polar surface area (TPSA) is 131 Å². The Labute approximate surface area is 514 Å². The normalized spacial score (nSPS) is 19.2. The molecule has 0 amide bonds. The molecule has 2 heterocycles. The van der Waals surface area contributed by atoms with Crippen molar-refractivity contribution in [3.63, 3.8) is 0 Å². The summed E-state index contributed by atoms with van der Waals surface area (Å²) in [6.07, 6.45) is 13.0. The van der Waals surface area contributed by atoms with Crippen molar-refractivity contribution in [3.05, 3.63) is 107 Å². The molecule has 85 heavy (non-hydrogen) atoms. The number of methoxy groups -OCH3 is 4. The minimum absolute atomic E-state index is 0.0176. The van der Waals surface area contributed by atoms with E-state index in [2.05, 4.69) is 117 Å². The Morgan fingerprint density at radius 1 is 0.506 bits per heavy atom. The van der Waals surface area contributed by atoms with E-state index >= 15 is 0 Å². The van der Waals surface area contributed by atoms with Crippen LogP contribution in [0.1, 0.15) is 161 Å². The number of aliphatic hydroxyl groups is 1. The predicted octanol–water partition coefficient (Wildman–Crippen LogP) is 16.0. The third-order valence-corrected chi connectivity index (χ3v) is 26.5. The second kappa shape index (κ2) is 33.3. The molecule has 0 radical (unpaired) electrons. The van der Waals surface area contributed by atoms with Crippen LogP contribution >= 0.6 is 0 Å². The number of rotatable bonds is 30. The van der Waals surface area contributed by atoms with Crippen molar-refractivity contribution in [2.45, 2.75) is 191 Å². The first-order valence-corrected chi connectivity index (χ1v) is 36.4. The molecule has 1 N–H and O–H groups in total. The van der Waals surface area contributed by atoms with Crippen molar-refractivity contribution >= 4 is 16.6 Å². The lowest BCUT2D eigenvalue weighted by Crippen LogP contribution is -2.53. The summed E-state index contributed by atoms with van der Waals surface area (Å²) in [6.45, 7) is 30.4. The van der Waals surface area contributed by atoms with E-state index in [0.29, 0.717) is 35.8 Å². The summed E-state index contributed by atoms with van der Waals surface area (Å²) < 4.78 is 67.8. The Kier molecular flexibility index (Phi) is 27.7. The minimum Gasteiger partial charge on any atom is -0.492 e. The molecular formula is C70H104O13Si2. The van der Waals surface area contributed by atoms with Gasteiger partial charge in [0, 0.05) is 83.2 Å². The van der Waals surface area contributed by atoms with Crippen molar-refractivity contribution in [2.75, 3.05) is 82.0 Å². The van der Waals surface area contributed by atoms with Crippen LogP contribution < -0.4 is 28.4 Å². The molecule has 2 aliphatic rings. The molecule has 2 aliphatic heterocycles. The molecule has 4 aromatic rings. The summed E-state index contributed by atoms with van der Waals surface area (Å²) in [5.41, 5.74) is 1.15. The molecule has 0 aromatic heterocycles. The number of hydrogen-bond acceptors (Lipinski definition) is 13. The van der Waals surface area contributed by atoms with Gasteiger partial charge in [0.15, 0.2) is 49.4 Å². The highest BCUT2D eigenvalue weighted by Gasteiger charge is 2.54. The average Bonchev–Trinajstić information content (AvgIpc) is 0.919. The van der Waals surface area contributed by atoms with Gasteiger partial charge in [-0.25, -0.2) is 0 Å². The van der Waals surface area contributed by atoms with Gasteiger partial charge in [0.05, 0.1) is 17.9 Å². The lowest BCUT2D eigenvalue weighted by atomic mass is 9.64. The molecule has 4 unspecified atom stereocenters. The third kappa shape index (κ3) is 20.0. The van der Waals surface area contributed by atoms with Gasteiger partial charge in [-0.3, -0.25) is 0 Å². The zero-order valence-electron chi connectivity index (χ0n) is 54.6. The number of benzene rings is 4. The third-order valence-electron chi connectivity index (χ3n) is 17.4. The maximum atomic E-state index is 12.4. The first kappa shape index (κ1) is 70.7. The van der Waals surface area contributed by atoms with Crippen molar-refractivity contribution < 1.29 is 61.3 Å². The van der Waals surface area contributed by atoms with E-state index in [0.717, 1.165) is 98.5 Å². The lowest BCUT2D eigenvalue weighted by molar-refractivity contribution is -0.0274. The maximum Gasteiger partial charge on any atom is 0.191 e. The second-order valence-corrected chi connectivity index (χ2v) is 35.6. The summed E-state index contributed by atoms with van der Waals surface area (Å²) in [5.74, 6) is 17.9. The highest BCUT2D eigenvalue weighted by atomic mass is 28.4. The summed E-state index contributed by atoms with van der Waals surface area (Å²) in [7, 11) is 3.08. The Morgan fingerprint density at radius 2 is 0.918 bits per heavy atom. The van der Waals surface area contributed by atoms with Crippen LogP contribution in [0.2, 0.25) is 36.3 Å². The number of unbranched alkanes of at least 4 members (excludes halogenated alkanes) is 10. The fourth-order valence-corrected chi connectivity index (χ4v) is 11.9. The molecule has 470 valence electrons. The molecule has 4 aromatic carbocycles. The van der Waals surface area contributed by atoms with Gasteiger partial charge in [0.1, 0.15) is 41.1 Å². The summed E-state index contributed by atoms with van der Waals surface area (Å²) in [5, 5.41) is 12.9. The smallest absolute Gasteiger partial charge is 0.191 e. The van der Waals surface area contributed by atoms with E-state index in [-0.39, 0.29) is 55.2 Å². The molecule has 0 bridgehead atoms. The molecule has 0 spiro atoms. The fourth-order valence-electron chi connectivity index (χ4n) is 9.74. The van der Waals surface area contributed by atoms with Gasteiger partial charge in [-0.2, -0.15) is 0 Å². The largest absolute Gasteiger partial charge is 0.492 e. The van der Waals surface area contributed by atoms with Crippen LogP contribution in [0.15, 0.2) is 84.9 Å². The molecule has 0 fully saturated rings. The number of fused-ring (bicyclic) bond motifs is 2. The zero-order valence-corrected chi connectivity index (χ0v) is 56.6. The SMILES string of the molecule is COCOc1ccc(C2(C)COc3cc(OCOC)ccc3C2(O)C#CCCCCCCCO[Si](C)(C)C(C)(C)C)cc1.COCOc1ccc(C2(C)COc3cc(OCOC)ccc3C2C#CCCCCCCCO[Si](C)(C)C(C)(C)C)cc1. The van der Waals surface area contributed by atoms with Gasteiger partial charge >= 0.3 is 0 Å². The molecular weight excluding hydrogens is 1100 g/mol. The van der Waals surface area contributed by atoms with Crippen LogP contribution in [0.4, 0.5) is 0 Å². The number of ether oxygens (including phenoxy) is 10. The first-order valence-electron chi connectivity index (χ1n) is 30.6. The van der Waals surface area contributed by atoms with Crippen molar-refractivity contribution in [3.8, 4) is 58.2 Å². The highest BCUT2D eigenvalue weighted by Crippen LogP contribution is 2.51. The molecule has 0 aliphatic carbocycles. The fraction of sp³-hybridized carbons (Fsp3) is 0.600. The molecule has 0 saturated heterocycles. The maximum absolute atomic E-state index is 12.4. The van der Waals surface area contributed by atoms with Gasteiger partial charge in [0.2, 0.25) is 0 Å². The monoisotopic (exact) mass is 1210 g/mol. The van der Waals surface area contributed by atoms with E-state index in [4.69, 9.17) is 56.2 Å². The molecule has 4 atom stereocenters. The van der Waals surface area contributed by atoms with Gasteiger partial charge in [-0.1, -0.05) is 135 Å². The molecule has 15 heteroatoms. The molecule has 0 saturated carbocycles. The Balaban J connectivity index is 0.000000311. The molecule has 13 nitrogen and oxygen atoms in total. The number of hydrogen-bond donors (Lipinski definition) is 1. The Morgan fingerprint density at radius 3 is 1.41 bits per heavy atom. The van der Waals surface area contributed by atoms with Crippen LogP contribution in [0.3, 0.4) is 0 Å². The second-order valence-electron chi connectivity index (χ2n) is 26.0. The lowest BCUT2D eigenvalue weighted by Gasteiger charge is -2.46. The van der Waals surface area contributed by atoms with Crippen molar-refractivity contribution in [1.29, 1.82) is 0 Å². The summed E-state index contributed by atoms with van der Waals surface area (Å²) >= 11 is 0. The highest BCUT2D eigenvalue weighted by molar-refractivity contribution is 6.74. The van der Waals surface area contributed by atoms with Gasteiger partial charge in [0.25, 0.3) is 0 Å². The zero-order chi connectivity index (χ0) is 62.2. The minimum atomic E-state index is -1.67.